The van der Waals surface area contributed by atoms with Gasteiger partial charge in [-0.05, 0) is 68.7 Å². The first-order valence-corrected chi connectivity index (χ1v) is 9.91. The molecule has 7 heteroatoms. The first kappa shape index (κ1) is 17.2. The summed E-state index contributed by atoms with van der Waals surface area (Å²) in [5.74, 6) is 0. The molecule has 4 nitrogen and oxygen atoms in total. The van der Waals surface area contributed by atoms with E-state index in [0.29, 0.717) is 27.7 Å². The van der Waals surface area contributed by atoms with E-state index in [-0.39, 0.29) is 10.3 Å². The number of rotatable bonds is 2. The van der Waals surface area contributed by atoms with E-state index in [9.17, 15) is 8.42 Å². The van der Waals surface area contributed by atoms with Gasteiger partial charge in [0.25, 0.3) is 0 Å². The highest BCUT2D eigenvalue weighted by molar-refractivity contribution is 9.11. The molecule has 1 aromatic rings. The SMILES string of the molecule is CC1(C)CCCN(S(=O)(=O)c2c(Br)cc(N)cc2Br)CC1. The Morgan fingerprint density at radius 2 is 1.71 bits per heavy atom. The summed E-state index contributed by atoms with van der Waals surface area (Å²) in [7, 11) is -3.53. The molecule has 0 radical (unpaired) electrons. The van der Waals surface area contributed by atoms with Crippen molar-refractivity contribution in [1.82, 2.24) is 4.31 Å². The molecule has 0 unspecified atom stereocenters. The summed E-state index contributed by atoms with van der Waals surface area (Å²) in [5, 5.41) is 0. The van der Waals surface area contributed by atoms with Gasteiger partial charge >= 0.3 is 0 Å². The Kier molecular flexibility index (Phi) is 5.08. The summed E-state index contributed by atoms with van der Waals surface area (Å²) >= 11 is 6.65. The maximum Gasteiger partial charge on any atom is 0.245 e. The third kappa shape index (κ3) is 3.81. The Morgan fingerprint density at radius 3 is 2.29 bits per heavy atom. The topological polar surface area (TPSA) is 63.4 Å². The van der Waals surface area contributed by atoms with Gasteiger partial charge in [0.15, 0.2) is 0 Å². The van der Waals surface area contributed by atoms with E-state index in [1.807, 2.05) is 0 Å². The van der Waals surface area contributed by atoms with Crippen molar-refractivity contribution in [3.8, 4) is 0 Å². The lowest BCUT2D eigenvalue weighted by Crippen LogP contribution is -2.33. The Bertz CT molecular complexity index is 621. The number of nitrogens with zero attached hydrogens (tertiary/aromatic N) is 1. The molecule has 2 rings (SSSR count). The number of hydrogen-bond acceptors (Lipinski definition) is 3. The van der Waals surface area contributed by atoms with Gasteiger partial charge in [0, 0.05) is 27.7 Å². The van der Waals surface area contributed by atoms with Crippen LogP contribution in [0.1, 0.15) is 33.1 Å². The van der Waals surface area contributed by atoms with Crippen LogP contribution < -0.4 is 5.73 Å². The van der Waals surface area contributed by atoms with Crippen LogP contribution in [0.3, 0.4) is 0 Å². The molecule has 21 heavy (non-hydrogen) atoms. The largest absolute Gasteiger partial charge is 0.399 e. The predicted octanol–water partition coefficient (Wildman–Crippen LogP) is 3.99. The maximum atomic E-state index is 12.9. The van der Waals surface area contributed by atoms with Gasteiger partial charge in [-0.15, -0.1) is 0 Å². The van der Waals surface area contributed by atoms with Crippen LogP contribution in [-0.4, -0.2) is 25.8 Å². The molecular formula is C14H20Br2N2O2S. The van der Waals surface area contributed by atoms with Crippen LogP contribution in [0.15, 0.2) is 26.0 Å². The number of halogens is 2. The quantitative estimate of drug-likeness (QED) is 0.708. The van der Waals surface area contributed by atoms with Crippen LogP contribution in [0.2, 0.25) is 0 Å². The molecule has 1 fully saturated rings. The summed E-state index contributed by atoms with van der Waals surface area (Å²) in [6.07, 6.45) is 2.80. The number of anilines is 1. The maximum absolute atomic E-state index is 12.9. The second-order valence-corrected chi connectivity index (χ2v) is 9.82. The lowest BCUT2D eigenvalue weighted by molar-refractivity contribution is 0.314. The van der Waals surface area contributed by atoms with E-state index in [0.717, 1.165) is 19.3 Å². The van der Waals surface area contributed by atoms with Crippen molar-refractivity contribution in [3.63, 3.8) is 0 Å². The van der Waals surface area contributed by atoms with Crippen LogP contribution in [0.4, 0.5) is 5.69 Å². The Labute approximate surface area is 143 Å². The first-order valence-electron chi connectivity index (χ1n) is 6.88. The van der Waals surface area contributed by atoms with Crippen molar-refractivity contribution < 1.29 is 8.42 Å². The van der Waals surface area contributed by atoms with Crippen molar-refractivity contribution in [1.29, 1.82) is 0 Å². The highest BCUT2D eigenvalue weighted by atomic mass is 79.9. The number of hydrogen-bond donors (Lipinski definition) is 1. The Morgan fingerprint density at radius 1 is 1.14 bits per heavy atom. The fraction of sp³-hybridized carbons (Fsp3) is 0.571. The molecule has 0 saturated carbocycles. The van der Waals surface area contributed by atoms with Crippen molar-refractivity contribution in [2.45, 2.75) is 38.0 Å². The molecule has 0 spiro atoms. The van der Waals surface area contributed by atoms with Crippen LogP contribution in [0.25, 0.3) is 0 Å². The molecule has 1 aliphatic rings. The summed E-state index contributed by atoms with van der Waals surface area (Å²) in [5.41, 5.74) is 6.45. The predicted molar refractivity (Wildman–Crippen MR) is 92.6 cm³/mol. The number of nitrogens with two attached hydrogens (primary N) is 1. The van der Waals surface area contributed by atoms with Gasteiger partial charge in [-0.2, -0.15) is 4.31 Å². The number of sulfonamides is 1. The molecule has 0 aliphatic carbocycles. The summed E-state index contributed by atoms with van der Waals surface area (Å²) in [4.78, 5) is 0.261. The average Bonchev–Trinajstić information content (AvgIpc) is 2.48. The summed E-state index contributed by atoms with van der Waals surface area (Å²) in [6.45, 7) is 5.50. The molecule has 0 atom stereocenters. The molecule has 1 heterocycles. The molecular weight excluding hydrogens is 420 g/mol. The van der Waals surface area contributed by atoms with E-state index in [4.69, 9.17) is 5.73 Å². The Hall–Kier alpha value is -0.110. The average molecular weight is 440 g/mol. The molecule has 0 amide bonds. The van der Waals surface area contributed by atoms with Gasteiger partial charge in [0.05, 0.1) is 0 Å². The molecule has 0 bridgehead atoms. The fourth-order valence-electron chi connectivity index (χ4n) is 2.59. The van der Waals surface area contributed by atoms with E-state index in [1.54, 1.807) is 16.4 Å². The fourth-order valence-corrected chi connectivity index (χ4v) is 6.61. The molecule has 118 valence electrons. The molecule has 1 saturated heterocycles. The number of nitrogen functional groups attached to an aromatic ring is 1. The number of benzene rings is 1. The normalized spacial score (nSPS) is 20.2. The zero-order valence-corrected chi connectivity index (χ0v) is 16.2. The van der Waals surface area contributed by atoms with Gasteiger partial charge in [0.2, 0.25) is 10.0 Å². The van der Waals surface area contributed by atoms with Crippen LogP contribution >= 0.6 is 31.9 Å². The van der Waals surface area contributed by atoms with Crippen molar-refractivity contribution >= 4 is 47.6 Å². The third-order valence-electron chi connectivity index (χ3n) is 3.92. The zero-order valence-electron chi connectivity index (χ0n) is 12.2. The van der Waals surface area contributed by atoms with E-state index in [1.165, 1.54) is 0 Å². The first-order chi connectivity index (χ1) is 9.63. The van der Waals surface area contributed by atoms with Crippen molar-refractivity contribution in [3.05, 3.63) is 21.1 Å². The second kappa shape index (κ2) is 6.18. The highest BCUT2D eigenvalue weighted by Gasteiger charge is 2.32. The van der Waals surface area contributed by atoms with E-state index >= 15 is 0 Å². The monoisotopic (exact) mass is 438 g/mol. The molecule has 0 aromatic heterocycles. The minimum atomic E-state index is -3.53. The van der Waals surface area contributed by atoms with Crippen molar-refractivity contribution in [2.75, 3.05) is 18.8 Å². The van der Waals surface area contributed by atoms with Gasteiger partial charge in [-0.3, -0.25) is 0 Å². The summed E-state index contributed by atoms with van der Waals surface area (Å²) < 4.78 is 28.4. The van der Waals surface area contributed by atoms with Gasteiger partial charge in [-0.25, -0.2) is 8.42 Å². The van der Waals surface area contributed by atoms with E-state index in [2.05, 4.69) is 45.7 Å². The third-order valence-corrected chi connectivity index (χ3v) is 7.69. The Balaban J connectivity index is 2.39. The minimum Gasteiger partial charge on any atom is -0.399 e. The minimum absolute atomic E-state index is 0.194. The standard InChI is InChI=1S/C14H20Br2N2O2S/c1-14(2)4-3-6-18(7-5-14)21(19,20)13-11(15)8-10(17)9-12(13)16/h8-9H,3-7,17H2,1-2H3. The van der Waals surface area contributed by atoms with E-state index < -0.39 is 10.0 Å². The van der Waals surface area contributed by atoms with Crippen LogP contribution in [0.5, 0.6) is 0 Å². The zero-order chi connectivity index (χ0) is 15.8. The smallest absolute Gasteiger partial charge is 0.245 e. The van der Waals surface area contributed by atoms with Gasteiger partial charge in [0.1, 0.15) is 4.90 Å². The highest BCUT2D eigenvalue weighted by Crippen LogP contribution is 2.37. The summed E-state index contributed by atoms with van der Waals surface area (Å²) in [6, 6.07) is 3.25. The lowest BCUT2D eigenvalue weighted by atomic mass is 9.85. The van der Waals surface area contributed by atoms with Gasteiger partial charge in [-0.1, -0.05) is 13.8 Å². The van der Waals surface area contributed by atoms with Crippen molar-refractivity contribution in [2.24, 2.45) is 5.41 Å². The van der Waals surface area contributed by atoms with Crippen LogP contribution in [-0.2, 0) is 10.0 Å². The molecule has 1 aliphatic heterocycles. The second-order valence-electron chi connectivity index (χ2n) is 6.24. The van der Waals surface area contributed by atoms with Gasteiger partial charge < -0.3 is 5.73 Å². The van der Waals surface area contributed by atoms with Crippen LogP contribution in [0, 0.1) is 5.41 Å². The molecule has 1 aromatic carbocycles. The molecule has 2 N–H and O–H groups in total. The lowest BCUT2D eigenvalue weighted by Gasteiger charge is -2.24.